The molecule has 1 heterocycles. The number of amides is 2. The van der Waals surface area contributed by atoms with Crippen LogP contribution < -0.4 is 5.32 Å². The number of hydrogen-bond donors (Lipinski definition) is 1. The topological polar surface area (TPSA) is 49.4 Å². The molecule has 1 N–H and O–H groups in total. The van der Waals surface area contributed by atoms with E-state index in [1.165, 1.54) is 12.5 Å². The average Bonchev–Trinajstić information content (AvgIpc) is 2.88. The normalized spacial score (nSPS) is 17.6. The molecular weight excluding hydrogens is 312 g/mol. The summed E-state index contributed by atoms with van der Waals surface area (Å²) in [5.41, 5.74) is 2.69. The molecule has 1 aliphatic heterocycles. The molecule has 4 heteroatoms. The Morgan fingerprint density at radius 2 is 1.72 bits per heavy atom. The van der Waals surface area contributed by atoms with Gasteiger partial charge in [-0.2, -0.15) is 0 Å². The first-order valence-electron chi connectivity index (χ1n) is 8.85. The standard InChI is InChI=1S/C21H24N2O2/c1-16(24)22-20-12-10-18(11-13-20)21(25)23-14-6-5-9-19(15-23)17-7-3-2-4-8-17/h2-4,7-8,10-13,19H,5-6,9,14-15H2,1H3,(H,22,24). The SMILES string of the molecule is CC(=O)Nc1ccc(C(=O)N2CCCCC(c3ccccc3)C2)cc1. The second-order valence-corrected chi connectivity index (χ2v) is 6.61. The molecular formula is C21H24N2O2. The maximum absolute atomic E-state index is 12.9. The number of nitrogens with one attached hydrogen (secondary N) is 1. The Hall–Kier alpha value is -2.62. The van der Waals surface area contributed by atoms with E-state index in [0.717, 1.165) is 32.4 Å². The van der Waals surface area contributed by atoms with E-state index in [-0.39, 0.29) is 11.8 Å². The van der Waals surface area contributed by atoms with Crippen molar-refractivity contribution in [1.29, 1.82) is 0 Å². The van der Waals surface area contributed by atoms with Crippen LogP contribution in [0.15, 0.2) is 54.6 Å². The van der Waals surface area contributed by atoms with Crippen LogP contribution in [0.2, 0.25) is 0 Å². The lowest BCUT2D eigenvalue weighted by molar-refractivity contribution is -0.114. The summed E-state index contributed by atoms with van der Waals surface area (Å²) in [6.07, 6.45) is 3.30. The minimum atomic E-state index is -0.114. The second kappa shape index (κ2) is 7.97. The minimum Gasteiger partial charge on any atom is -0.338 e. The fraction of sp³-hybridized carbons (Fsp3) is 0.333. The molecule has 0 bridgehead atoms. The maximum atomic E-state index is 12.9. The quantitative estimate of drug-likeness (QED) is 0.919. The molecule has 1 unspecified atom stereocenters. The van der Waals surface area contributed by atoms with Crippen molar-refractivity contribution >= 4 is 17.5 Å². The van der Waals surface area contributed by atoms with Gasteiger partial charge in [0.1, 0.15) is 0 Å². The predicted molar refractivity (Wildman–Crippen MR) is 99.7 cm³/mol. The number of anilines is 1. The number of likely N-dealkylation sites (tertiary alicyclic amines) is 1. The molecule has 3 rings (SSSR count). The number of carbonyl (C=O) groups excluding carboxylic acids is 2. The summed E-state index contributed by atoms with van der Waals surface area (Å²) in [4.78, 5) is 26.0. The zero-order valence-corrected chi connectivity index (χ0v) is 14.6. The van der Waals surface area contributed by atoms with Gasteiger partial charge in [-0.3, -0.25) is 9.59 Å². The first kappa shape index (κ1) is 17.2. The first-order valence-corrected chi connectivity index (χ1v) is 8.85. The number of nitrogens with zero attached hydrogens (tertiary/aromatic N) is 1. The highest BCUT2D eigenvalue weighted by atomic mass is 16.2. The van der Waals surface area contributed by atoms with Gasteiger partial charge >= 0.3 is 0 Å². The van der Waals surface area contributed by atoms with E-state index in [4.69, 9.17) is 0 Å². The summed E-state index contributed by atoms with van der Waals surface area (Å²) in [5.74, 6) is 0.348. The monoisotopic (exact) mass is 336 g/mol. The highest BCUT2D eigenvalue weighted by Gasteiger charge is 2.23. The minimum absolute atomic E-state index is 0.0669. The van der Waals surface area contributed by atoms with Gasteiger partial charge in [-0.15, -0.1) is 0 Å². The fourth-order valence-corrected chi connectivity index (χ4v) is 3.41. The van der Waals surface area contributed by atoms with Crippen LogP contribution in [0.5, 0.6) is 0 Å². The van der Waals surface area contributed by atoms with Crippen molar-refractivity contribution in [2.24, 2.45) is 0 Å². The van der Waals surface area contributed by atoms with Crippen molar-refractivity contribution in [3.05, 3.63) is 65.7 Å². The Kier molecular flexibility index (Phi) is 5.49. The summed E-state index contributed by atoms with van der Waals surface area (Å²) in [7, 11) is 0. The molecule has 0 aromatic heterocycles. The van der Waals surface area contributed by atoms with Gasteiger partial charge in [0.15, 0.2) is 0 Å². The third-order valence-corrected chi connectivity index (χ3v) is 4.68. The van der Waals surface area contributed by atoms with Crippen LogP contribution in [0.3, 0.4) is 0 Å². The van der Waals surface area contributed by atoms with Crippen LogP contribution in [0.1, 0.15) is 48.0 Å². The first-order chi connectivity index (χ1) is 12.1. The molecule has 0 aliphatic carbocycles. The zero-order chi connectivity index (χ0) is 17.6. The van der Waals surface area contributed by atoms with E-state index < -0.39 is 0 Å². The van der Waals surface area contributed by atoms with Crippen LogP contribution >= 0.6 is 0 Å². The van der Waals surface area contributed by atoms with Gasteiger partial charge < -0.3 is 10.2 Å². The molecule has 1 aliphatic rings. The van der Waals surface area contributed by atoms with Crippen molar-refractivity contribution in [1.82, 2.24) is 4.90 Å². The summed E-state index contributed by atoms with van der Waals surface area (Å²) in [5, 5.41) is 2.73. The van der Waals surface area contributed by atoms with Crippen molar-refractivity contribution < 1.29 is 9.59 Å². The van der Waals surface area contributed by atoms with Crippen LogP contribution in [0.4, 0.5) is 5.69 Å². The third-order valence-electron chi connectivity index (χ3n) is 4.68. The van der Waals surface area contributed by atoms with E-state index in [1.807, 2.05) is 11.0 Å². The Morgan fingerprint density at radius 1 is 1.00 bits per heavy atom. The molecule has 0 spiro atoms. The van der Waals surface area contributed by atoms with Crippen molar-refractivity contribution in [3.63, 3.8) is 0 Å². The van der Waals surface area contributed by atoms with Gasteiger partial charge in [0, 0.05) is 37.2 Å². The number of rotatable bonds is 3. The molecule has 2 aromatic rings. The van der Waals surface area contributed by atoms with Crippen LogP contribution in [0.25, 0.3) is 0 Å². The van der Waals surface area contributed by atoms with E-state index >= 15 is 0 Å². The number of benzene rings is 2. The number of hydrogen-bond acceptors (Lipinski definition) is 2. The largest absolute Gasteiger partial charge is 0.338 e. The molecule has 130 valence electrons. The van der Waals surface area contributed by atoms with Gasteiger partial charge in [-0.1, -0.05) is 36.8 Å². The fourth-order valence-electron chi connectivity index (χ4n) is 3.41. The lowest BCUT2D eigenvalue weighted by atomic mass is 9.94. The van der Waals surface area contributed by atoms with Gasteiger partial charge in [-0.25, -0.2) is 0 Å². The molecule has 1 saturated heterocycles. The Balaban J connectivity index is 1.73. The summed E-state index contributed by atoms with van der Waals surface area (Å²) in [6, 6.07) is 17.6. The van der Waals surface area contributed by atoms with Gasteiger partial charge in [0.2, 0.25) is 5.91 Å². The van der Waals surface area contributed by atoms with Gasteiger partial charge in [0.05, 0.1) is 0 Å². The van der Waals surface area contributed by atoms with E-state index in [0.29, 0.717) is 17.2 Å². The smallest absolute Gasteiger partial charge is 0.253 e. The third kappa shape index (κ3) is 4.47. The molecule has 25 heavy (non-hydrogen) atoms. The highest BCUT2D eigenvalue weighted by Crippen LogP contribution is 2.27. The Bertz CT molecular complexity index is 725. The second-order valence-electron chi connectivity index (χ2n) is 6.61. The number of carbonyl (C=O) groups is 2. The molecule has 0 saturated carbocycles. The maximum Gasteiger partial charge on any atom is 0.253 e. The Morgan fingerprint density at radius 3 is 2.40 bits per heavy atom. The summed E-state index contributed by atoms with van der Waals surface area (Å²) >= 11 is 0. The van der Waals surface area contributed by atoms with Crippen molar-refractivity contribution in [3.8, 4) is 0 Å². The summed E-state index contributed by atoms with van der Waals surface area (Å²) in [6.45, 7) is 3.03. The lowest BCUT2D eigenvalue weighted by Gasteiger charge is -2.25. The Labute approximate surface area is 148 Å². The van der Waals surface area contributed by atoms with E-state index in [1.54, 1.807) is 24.3 Å². The summed E-state index contributed by atoms with van der Waals surface area (Å²) < 4.78 is 0. The molecule has 2 amide bonds. The van der Waals surface area contributed by atoms with Crippen LogP contribution in [-0.2, 0) is 4.79 Å². The molecule has 1 atom stereocenters. The highest BCUT2D eigenvalue weighted by molar-refractivity contribution is 5.95. The van der Waals surface area contributed by atoms with E-state index in [9.17, 15) is 9.59 Å². The van der Waals surface area contributed by atoms with E-state index in [2.05, 4.69) is 29.6 Å². The van der Waals surface area contributed by atoms with Gasteiger partial charge in [-0.05, 0) is 42.7 Å². The zero-order valence-electron chi connectivity index (χ0n) is 14.6. The average molecular weight is 336 g/mol. The lowest BCUT2D eigenvalue weighted by Crippen LogP contribution is -2.34. The van der Waals surface area contributed by atoms with Crippen molar-refractivity contribution in [2.45, 2.75) is 32.1 Å². The van der Waals surface area contributed by atoms with Crippen LogP contribution in [-0.4, -0.2) is 29.8 Å². The molecule has 4 nitrogen and oxygen atoms in total. The molecule has 1 fully saturated rings. The van der Waals surface area contributed by atoms with Crippen molar-refractivity contribution in [2.75, 3.05) is 18.4 Å². The predicted octanol–water partition coefficient (Wildman–Crippen LogP) is 4.05. The molecule has 0 radical (unpaired) electrons. The molecule has 2 aromatic carbocycles. The van der Waals surface area contributed by atoms with Gasteiger partial charge in [0.25, 0.3) is 5.91 Å². The van der Waals surface area contributed by atoms with Crippen LogP contribution in [0, 0.1) is 0 Å².